The summed E-state index contributed by atoms with van der Waals surface area (Å²) in [6.07, 6.45) is 3.63. The fourth-order valence-electron chi connectivity index (χ4n) is 1.42. The van der Waals surface area contributed by atoms with Crippen LogP contribution >= 0.6 is 22.9 Å². The fourth-order valence-corrected chi connectivity index (χ4v) is 2.48. The Labute approximate surface area is 88.1 Å². The molecule has 1 N–H and O–H groups in total. The van der Waals surface area contributed by atoms with Crippen LogP contribution in [-0.2, 0) is 6.42 Å². The molecule has 1 fully saturated rings. The molecular formula is C10H14ClNS. The maximum Gasteiger partial charge on any atom is 0.0406 e. The van der Waals surface area contributed by atoms with Gasteiger partial charge in [-0.3, -0.25) is 0 Å². The summed E-state index contributed by atoms with van der Waals surface area (Å²) in [5.74, 6) is 0.761. The van der Waals surface area contributed by atoms with Crippen molar-refractivity contribution in [2.75, 3.05) is 12.4 Å². The molecule has 0 atom stereocenters. The van der Waals surface area contributed by atoms with Crippen LogP contribution in [0.1, 0.15) is 18.4 Å². The van der Waals surface area contributed by atoms with E-state index in [1.807, 2.05) is 0 Å². The zero-order valence-electron chi connectivity index (χ0n) is 7.55. The lowest BCUT2D eigenvalue weighted by molar-refractivity contribution is 0.546. The highest BCUT2D eigenvalue weighted by Crippen LogP contribution is 2.36. The minimum Gasteiger partial charge on any atom is -0.310 e. The molecule has 0 saturated heterocycles. The zero-order chi connectivity index (χ0) is 9.15. The summed E-state index contributed by atoms with van der Waals surface area (Å²) in [6.45, 7) is 1.06. The molecule has 0 unspecified atom stereocenters. The molecule has 1 saturated carbocycles. The van der Waals surface area contributed by atoms with Gasteiger partial charge in [0.25, 0.3) is 0 Å². The van der Waals surface area contributed by atoms with Crippen LogP contribution < -0.4 is 5.32 Å². The molecule has 2 rings (SSSR count). The Morgan fingerprint density at radius 2 is 2.38 bits per heavy atom. The van der Waals surface area contributed by atoms with Crippen molar-refractivity contribution in [2.24, 2.45) is 0 Å². The van der Waals surface area contributed by atoms with E-state index in [1.165, 1.54) is 18.4 Å². The molecular weight excluding hydrogens is 202 g/mol. The van der Waals surface area contributed by atoms with E-state index >= 15 is 0 Å². The second kappa shape index (κ2) is 3.99. The normalized spacial score (nSPS) is 18.8. The molecule has 0 radical (unpaired) electrons. The number of alkyl halides is 1. The van der Waals surface area contributed by atoms with E-state index in [0.29, 0.717) is 5.54 Å². The average Bonchev–Trinajstić information content (AvgIpc) is 2.74. The molecule has 3 heteroatoms. The molecule has 0 spiro atoms. The van der Waals surface area contributed by atoms with Gasteiger partial charge in [-0.1, -0.05) is 0 Å². The molecule has 0 bridgehead atoms. The van der Waals surface area contributed by atoms with Gasteiger partial charge in [-0.2, -0.15) is 11.3 Å². The van der Waals surface area contributed by atoms with Gasteiger partial charge in [0.1, 0.15) is 0 Å². The molecule has 1 nitrogen and oxygen atoms in total. The van der Waals surface area contributed by atoms with Crippen LogP contribution in [-0.4, -0.2) is 18.0 Å². The van der Waals surface area contributed by atoms with Gasteiger partial charge < -0.3 is 5.32 Å². The van der Waals surface area contributed by atoms with Crippen LogP contribution in [0.4, 0.5) is 0 Å². The molecule has 1 aliphatic carbocycles. The van der Waals surface area contributed by atoms with Crippen molar-refractivity contribution in [3.8, 4) is 0 Å². The lowest BCUT2D eigenvalue weighted by atomic mass is 10.2. The quantitative estimate of drug-likeness (QED) is 0.745. The zero-order valence-corrected chi connectivity index (χ0v) is 9.13. The van der Waals surface area contributed by atoms with Gasteiger partial charge in [-0.05, 0) is 48.2 Å². The lowest BCUT2D eigenvalue weighted by Gasteiger charge is -2.12. The smallest absolute Gasteiger partial charge is 0.0406 e. The summed E-state index contributed by atoms with van der Waals surface area (Å²) < 4.78 is 0. The van der Waals surface area contributed by atoms with E-state index in [0.717, 1.165) is 18.8 Å². The van der Waals surface area contributed by atoms with E-state index in [1.54, 1.807) is 11.3 Å². The number of hydrogen-bond acceptors (Lipinski definition) is 2. The van der Waals surface area contributed by atoms with Crippen molar-refractivity contribution in [2.45, 2.75) is 24.8 Å². The van der Waals surface area contributed by atoms with Crippen LogP contribution in [0.2, 0.25) is 0 Å². The van der Waals surface area contributed by atoms with E-state index < -0.39 is 0 Å². The lowest BCUT2D eigenvalue weighted by Crippen LogP contribution is -2.34. The van der Waals surface area contributed by atoms with E-state index in [-0.39, 0.29) is 0 Å². The first kappa shape index (κ1) is 9.50. The van der Waals surface area contributed by atoms with Crippen LogP contribution in [0.15, 0.2) is 16.8 Å². The first-order chi connectivity index (χ1) is 6.35. The van der Waals surface area contributed by atoms with Gasteiger partial charge in [-0.25, -0.2) is 0 Å². The third kappa shape index (κ3) is 2.46. The van der Waals surface area contributed by atoms with Crippen LogP contribution in [0.5, 0.6) is 0 Å². The molecule has 1 aromatic rings. The topological polar surface area (TPSA) is 12.0 Å². The summed E-state index contributed by atoms with van der Waals surface area (Å²) in [4.78, 5) is 0. The van der Waals surface area contributed by atoms with Crippen molar-refractivity contribution >= 4 is 22.9 Å². The highest BCUT2D eigenvalue weighted by atomic mass is 35.5. The second-order valence-electron chi connectivity index (χ2n) is 3.72. The van der Waals surface area contributed by atoms with Gasteiger partial charge in [0, 0.05) is 11.4 Å². The van der Waals surface area contributed by atoms with Crippen molar-refractivity contribution in [3.63, 3.8) is 0 Å². The Bertz CT molecular complexity index is 254. The van der Waals surface area contributed by atoms with E-state index in [9.17, 15) is 0 Å². The molecule has 13 heavy (non-hydrogen) atoms. The van der Waals surface area contributed by atoms with Gasteiger partial charge in [0.05, 0.1) is 0 Å². The summed E-state index contributed by atoms with van der Waals surface area (Å²) >= 11 is 7.62. The summed E-state index contributed by atoms with van der Waals surface area (Å²) in [5.41, 5.74) is 1.74. The van der Waals surface area contributed by atoms with Gasteiger partial charge in [0.2, 0.25) is 0 Å². The predicted octanol–water partition coefficient (Wildman–Crippen LogP) is 2.65. The van der Waals surface area contributed by atoms with Gasteiger partial charge in [0.15, 0.2) is 0 Å². The van der Waals surface area contributed by atoms with Gasteiger partial charge in [-0.15, -0.1) is 11.6 Å². The Morgan fingerprint density at radius 1 is 1.54 bits per heavy atom. The Morgan fingerprint density at radius 3 is 2.92 bits per heavy atom. The highest BCUT2D eigenvalue weighted by molar-refractivity contribution is 7.07. The molecule has 72 valence electrons. The van der Waals surface area contributed by atoms with Crippen LogP contribution in [0.25, 0.3) is 0 Å². The molecule has 1 aromatic heterocycles. The van der Waals surface area contributed by atoms with Crippen molar-refractivity contribution in [3.05, 3.63) is 22.4 Å². The van der Waals surface area contributed by atoms with Crippen LogP contribution in [0, 0.1) is 0 Å². The van der Waals surface area contributed by atoms with Crippen molar-refractivity contribution in [1.29, 1.82) is 0 Å². The second-order valence-corrected chi connectivity index (χ2v) is 4.77. The molecule has 0 aliphatic heterocycles. The number of hydrogen-bond donors (Lipinski definition) is 1. The number of halogens is 1. The monoisotopic (exact) mass is 215 g/mol. The third-order valence-corrected chi connectivity index (χ3v) is 3.85. The first-order valence-electron chi connectivity index (χ1n) is 4.67. The maximum atomic E-state index is 5.86. The molecule has 0 aromatic carbocycles. The molecule has 1 heterocycles. The average molecular weight is 216 g/mol. The minimum absolute atomic E-state index is 0.303. The summed E-state index contributed by atoms with van der Waals surface area (Å²) in [6, 6.07) is 2.19. The van der Waals surface area contributed by atoms with E-state index in [2.05, 4.69) is 22.1 Å². The minimum atomic E-state index is 0.303. The highest BCUT2D eigenvalue weighted by Gasteiger charge is 2.40. The fraction of sp³-hybridized carbons (Fsp3) is 0.600. The third-order valence-electron chi connectivity index (χ3n) is 2.60. The Balaban J connectivity index is 1.70. The summed E-state index contributed by atoms with van der Waals surface area (Å²) in [7, 11) is 0. The van der Waals surface area contributed by atoms with Crippen LogP contribution in [0.3, 0.4) is 0 Å². The largest absolute Gasteiger partial charge is 0.310 e. The standard InChI is InChI=1S/C10H14ClNS/c11-8-10(3-4-10)12-5-1-9-2-6-13-7-9/h2,6-7,12H,1,3-5,8H2. The molecule has 1 aliphatic rings. The Hall–Kier alpha value is -0.0500. The number of rotatable bonds is 5. The first-order valence-corrected chi connectivity index (χ1v) is 6.14. The molecule has 0 amide bonds. The van der Waals surface area contributed by atoms with E-state index in [4.69, 9.17) is 11.6 Å². The van der Waals surface area contributed by atoms with Crippen molar-refractivity contribution < 1.29 is 0 Å². The predicted molar refractivity (Wildman–Crippen MR) is 58.7 cm³/mol. The maximum absolute atomic E-state index is 5.86. The number of thiophene rings is 1. The SMILES string of the molecule is ClCC1(NCCc2ccsc2)CC1. The Kier molecular flexibility index (Phi) is 2.92. The summed E-state index contributed by atoms with van der Waals surface area (Å²) in [5, 5.41) is 7.87. The van der Waals surface area contributed by atoms with Gasteiger partial charge >= 0.3 is 0 Å². The number of nitrogens with one attached hydrogen (secondary N) is 1. The van der Waals surface area contributed by atoms with Crippen molar-refractivity contribution in [1.82, 2.24) is 5.32 Å².